The fraction of sp³-hybridized carbons (Fsp3) is 0.551. The number of hydrogen-bond donors (Lipinski definition) is 0. The summed E-state index contributed by atoms with van der Waals surface area (Å²) in [5, 5.41) is 2.35. The molecule has 302 valence electrons. The molecule has 2 amide bonds. The average Bonchev–Trinajstić information content (AvgIpc) is 4.06. The molecular formula is C49H62N4O4. The number of amides is 2. The summed E-state index contributed by atoms with van der Waals surface area (Å²) in [4.78, 5) is 42.0. The quantitative estimate of drug-likeness (QED) is 0.184. The maximum absolute atomic E-state index is 13.9. The molecule has 2 fully saturated rings. The number of methoxy groups -OCH3 is 1. The number of likely N-dealkylation sites (tertiary alicyclic amines) is 2. The van der Waals surface area contributed by atoms with Gasteiger partial charge in [-0.1, -0.05) is 85.9 Å². The molecule has 5 aliphatic heterocycles. The lowest BCUT2D eigenvalue weighted by Gasteiger charge is -2.30. The molecule has 0 N–H and O–H groups in total. The Kier molecular flexibility index (Phi) is 11.2. The highest BCUT2D eigenvalue weighted by molar-refractivity contribution is 6.07. The fourth-order valence-corrected chi connectivity index (χ4v) is 10.1. The van der Waals surface area contributed by atoms with Gasteiger partial charge in [-0.05, 0) is 93.5 Å². The zero-order valence-corrected chi connectivity index (χ0v) is 35.4. The number of ether oxygens (including phenoxy) is 2. The van der Waals surface area contributed by atoms with Crippen LogP contribution in [0.25, 0.3) is 27.5 Å². The zero-order valence-electron chi connectivity index (χ0n) is 35.4. The molecule has 3 aromatic rings. The van der Waals surface area contributed by atoms with Crippen molar-refractivity contribution in [2.45, 2.75) is 112 Å². The molecule has 0 aliphatic carbocycles. The third-order valence-corrected chi connectivity index (χ3v) is 14.6. The van der Waals surface area contributed by atoms with E-state index in [9.17, 15) is 9.59 Å². The van der Waals surface area contributed by atoms with Crippen molar-refractivity contribution in [1.29, 1.82) is 0 Å². The largest absolute Gasteiger partial charge is 0.488 e. The number of allylic oxidation sites excluding steroid dienone is 1. The highest BCUT2D eigenvalue weighted by Crippen LogP contribution is 2.45. The summed E-state index contributed by atoms with van der Waals surface area (Å²) in [5.41, 5.74) is 10.3. The molecule has 8 rings (SSSR count). The zero-order chi connectivity index (χ0) is 40.1. The van der Waals surface area contributed by atoms with E-state index in [1.54, 1.807) is 7.11 Å². The van der Waals surface area contributed by atoms with Gasteiger partial charge < -0.3 is 19.3 Å². The van der Waals surface area contributed by atoms with Crippen molar-refractivity contribution >= 4 is 45.3 Å². The second-order valence-corrected chi connectivity index (χ2v) is 18.0. The minimum absolute atomic E-state index is 0.0100. The van der Waals surface area contributed by atoms with Crippen LogP contribution in [0.2, 0.25) is 0 Å². The number of aliphatic imine (C=N–C) groups is 2. The lowest BCUT2D eigenvalue weighted by atomic mass is 9.89. The number of rotatable bonds is 12. The minimum Gasteiger partial charge on any atom is -0.488 e. The summed E-state index contributed by atoms with van der Waals surface area (Å²) in [6, 6.07) is 15.7. The van der Waals surface area contributed by atoms with Crippen molar-refractivity contribution in [3.05, 3.63) is 65.4 Å². The molecule has 8 heteroatoms. The van der Waals surface area contributed by atoms with E-state index in [-0.39, 0.29) is 35.7 Å². The van der Waals surface area contributed by atoms with E-state index < -0.39 is 0 Å². The first-order valence-corrected chi connectivity index (χ1v) is 21.8. The molecule has 0 saturated carbocycles. The first-order valence-electron chi connectivity index (χ1n) is 21.8. The Labute approximate surface area is 339 Å². The lowest BCUT2D eigenvalue weighted by Crippen LogP contribution is -2.44. The molecule has 2 saturated heterocycles. The van der Waals surface area contributed by atoms with E-state index in [1.165, 1.54) is 38.6 Å². The molecule has 0 aromatic heterocycles. The van der Waals surface area contributed by atoms with E-state index in [1.807, 2.05) is 6.20 Å². The molecule has 0 spiro atoms. The second-order valence-electron chi connectivity index (χ2n) is 18.0. The standard InChI is InChI=1S/C49H62N4O4/c1-9-28(4)30(6)48(54)52-24-32(11-3)16-45(52)43-20-36(23-50-43)34-12-14-38-37(18-34)27-57-47-22-39-35(19-41(38)47)13-15-42-40(39)21-44(51-42)46-17-33(26-56-8)25-53(46)49(55)31(7)29(5)10-2/h12-15,18-19,22-23,28-33,45-46H,9-11,16-17,20-21,24-27H2,1-8H3/t28-,29-,30?,31-,32-,33-,45-,46-/m0/s1. The van der Waals surface area contributed by atoms with Crippen LogP contribution in [0.15, 0.2) is 58.6 Å². The van der Waals surface area contributed by atoms with E-state index >= 15 is 0 Å². The van der Waals surface area contributed by atoms with Crippen molar-refractivity contribution in [3.63, 3.8) is 0 Å². The van der Waals surface area contributed by atoms with Gasteiger partial charge >= 0.3 is 0 Å². The van der Waals surface area contributed by atoms with Gasteiger partial charge in [0.2, 0.25) is 11.8 Å². The Balaban J connectivity index is 0.997. The van der Waals surface area contributed by atoms with Crippen LogP contribution in [-0.2, 0) is 27.4 Å². The minimum atomic E-state index is -0.0240. The fourth-order valence-electron chi connectivity index (χ4n) is 10.1. The van der Waals surface area contributed by atoms with E-state index in [2.05, 4.69) is 101 Å². The Morgan fingerprint density at radius 2 is 1.51 bits per heavy atom. The van der Waals surface area contributed by atoms with Crippen LogP contribution in [0.5, 0.6) is 5.75 Å². The molecule has 5 aliphatic rings. The van der Waals surface area contributed by atoms with Gasteiger partial charge in [0.25, 0.3) is 0 Å². The predicted octanol–water partition coefficient (Wildman–Crippen LogP) is 10.1. The predicted molar refractivity (Wildman–Crippen MR) is 231 cm³/mol. The van der Waals surface area contributed by atoms with Crippen LogP contribution in [0.4, 0.5) is 5.69 Å². The van der Waals surface area contributed by atoms with Crippen molar-refractivity contribution in [1.82, 2.24) is 9.80 Å². The molecule has 0 bridgehead atoms. The summed E-state index contributed by atoms with van der Waals surface area (Å²) < 4.78 is 12.1. The molecule has 8 nitrogen and oxygen atoms in total. The second kappa shape index (κ2) is 16.2. The van der Waals surface area contributed by atoms with Crippen molar-refractivity contribution in [2.75, 3.05) is 26.8 Å². The van der Waals surface area contributed by atoms with Gasteiger partial charge in [0, 0.05) is 74.0 Å². The van der Waals surface area contributed by atoms with Crippen molar-refractivity contribution in [3.8, 4) is 16.9 Å². The normalized spacial score (nSPS) is 24.6. The molecule has 1 unspecified atom stereocenters. The molecule has 5 heterocycles. The number of nitrogens with zero attached hydrogens (tertiary/aromatic N) is 4. The van der Waals surface area contributed by atoms with Gasteiger partial charge in [-0.25, -0.2) is 0 Å². The Hall–Kier alpha value is -4.30. The molecule has 57 heavy (non-hydrogen) atoms. The van der Waals surface area contributed by atoms with Gasteiger partial charge in [-0.3, -0.25) is 19.6 Å². The number of carbonyl (C=O) groups is 2. The number of fused-ring (bicyclic) bond motifs is 6. The molecule has 3 aromatic carbocycles. The molecule has 0 radical (unpaired) electrons. The lowest BCUT2D eigenvalue weighted by molar-refractivity contribution is -0.137. The summed E-state index contributed by atoms with van der Waals surface area (Å²) in [5.74, 6) is 2.95. The molecular weight excluding hydrogens is 709 g/mol. The van der Waals surface area contributed by atoms with Crippen LogP contribution in [0.1, 0.15) is 104 Å². The monoisotopic (exact) mass is 770 g/mol. The summed E-state index contributed by atoms with van der Waals surface area (Å²) in [6.07, 6.45) is 8.50. The Morgan fingerprint density at radius 1 is 0.825 bits per heavy atom. The first-order chi connectivity index (χ1) is 27.5. The van der Waals surface area contributed by atoms with Crippen molar-refractivity contribution < 1.29 is 19.1 Å². The SMILES string of the molecule is CC[C@H]1C[C@@H](C2=NC=C(c3ccc4c(c3)COc3cc5c6c(ccc5cc3-4)N=C([C@@H]3C[C@H](COC)CN3C(=O)[C@@H](C)[C@@H](C)CC)C6)C2)N(C(=O)C(C)[C@@H](C)CC)C1. The van der Waals surface area contributed by atoms with E-state index in [0.29, 0.717) is 36.9 Å². The van der Waals surface area contributed by atoms with Crippen LogP contribution in [0, 0.1) is 35.5 Å². The number of hydrogen-bond acceptors (Lipinski definition) is 6. The van der Waals surface area contributed by atoms with Gasteiger partial charge in [0.1, 0.15) is 12.4 Å². The van der Waals surface area contributed by atoms with Crippen LogP contribution in [-0.4, -0.2) is 71.9 Å². The van der Waals surface area contributed by atoms with Crippen molar-refractivity contribution in [2.24, 2.45) is 45.5 Å². The number of carbonyl (C=O) groups excluding carboxylic acids is 2. The smallest absolute Gasteiger partial charge is 0.226 e. The summed E-state index contributed by atoms with van der Waals surface area (Å²) >= 11 is 0. The Morgan fingerprint density at radius 3 is 2.19 bits per heavy atom. The van der Waals surface area contributed by atoms with Crippen LogP contribution in [0.3, 0.4) is 0 Å². The van der Waals surface area contributed by atoms with Gasteiger partial charge in [0.15, 0.2) is 0 Å². The highest BCUT2D eigenvalue weighted by atomic mass is 16.5. The maximum atomic E-state index is 13.9. The van der Waals surface area contributed by atoms with Crippen LogP contribution < -0.4 is 4.74 Å². The topological polar surface area (TPSA) is 83.8 Å². The summed E-state index contributed by atoms with van der Waals surface area (Å²) in [7, 11) is 1.75. The van der Waals surface area contributed by atoms with Gasteiger partial charge in [-0.15, -0.1) is 0 Å². The van der Waals surface area contributed by atoms with Gasteiger partial charge in [-0.2, -0.15) is 0 Å². The third kappa shape index (κ3) is 7.25. The Bertz CT molecular complexity index is 2150. The van der Waals surface area contributed by atoms with Gasteiger partial charge in [0.05, 0.1) is 24.4 Å². The third-order valence-electron chi connectivity index (χ3n) is 14.6. The van der Waals surface area contributed by atoms with Crippen LogP contribution >= 0.6 is 0 Å². The maximum Gasteiger partial charge on any atom is 0.226 e. The van der Waals surface area contributed by atoms with E-state index in [4.69, 9.17) is 19.5 Å². The highest BCUT2D eigenvalue weighted by Gasteiger charge is 2.42. The average molecular weight is 771 g/mol. The molecule has 8 atom stereocenters. The van der Waals surface area contributed by atoms with E-state index in [0.717, 1.165) is 86.5 Å². The first kappa shape index (κ1) is 39.5. The summed E-state index contributed by atoms with van der Waals surface area (Å²) in [6.45, 7) is 17.8. The number of benzene rings is 3.